The first kappa shape index (κ1) is 16.0. The van der Waals surface area contributed by atoms with Gasteiger partial charge in [0.05, 0.1) is 23.7 Å². The van der Waals surface area contributed by atoms with Gasteiger partial charge in [0.2, 0.25) is 0 Å². The minimum absolute atomic E-state index is 0.0184. The predicted octanol–water partition coefficient (Wildman–Crippen LogP) is 4.00. The summed E-state index contributed by atoms with van der Waals surface area (Å²) in [6.07, 6.45) is 1.92. The second-order valence-corrected chi connectivity index (χ2v) is 6.79. The van der Waals surface area contributed by atoms with Crippen molar-refractivity contribution in [3.63, 3.8) is 0 Å². The van der Waals surface area contributed by atoms with Crippen LogP contribution in [0.3, 0.4) is 0 Å². The lowest BCUT2D eigenvalue weighted by atomic mass is 10.3. The molecule has 1 amide bonds. The Morgan fingerprint density at radius 2 is 2.04 bits per heavy atom. The van der Waals surface area contributed by atoms with Gasteiger partial charge in [0.25, 0.3) is 5.91 Å². The summed E-state index contributed by atoms with van der Waals surface area (Å²) in [5.41, 5.74) is 0.836. The summed E-state index contributed by atoms with van der Waals surface area (Å²) in [7, 11) is 1.63. The van der Waals surface area contributed by atoms with Crippen LogP contribution in [0.1, 0.15) is 4.88 Å². The molecular weight excluding hydrogens is 328 g/mol. The van der Waals surface area contributed by atoms with E-state index >= 15 is 0 Å². The number of amides is 1. The van der Waals surface area contributed by atoms with Gasteiger partial charge < -0.3 is 4.74 Å². The highest BCUT2D eigenvalue weighted by Crippen LogP contribution is 2.34. The summed E-state index contributed by atoms with van der Waals surface area (Å²) < 4.78 is 5.12. The zero-order valence-corrected chi connectivity index (χ0v) is 14.3. The molecule has 6 heteroatoms. The van der Waals surface area contributed by atoms with Gasteiger partial charge in [0, 0.05) is 12.0 Å². The number of thioether (sulfide) groups is 1. The van der Waals surface area contributed by atoms with Crippen LogP contribution in [0.5, 0.6) is 0 Å². The molecule has 0 N–H and O–H groups in total. The molecule has 0 unspecified atom stereocenters. The number of hydrogen-bond acceptors (Lipinski definition) is 5. The topological polar surface area (TPSA) is 41.9 Å². The average Bonchev–Trinajstić information content (AvgIpc) is 3.17. The Morgan fingerprint density at radius 1 is 1.22 bits per heavy atom. The van der Waals surface area contributed by atoms with E-state index in [9.17, 15) is 4.79 Å². The second-order valence-electron chi connectivity index (χ2n) is 4.81. The zero-order chi connectivity index (χ0) is 16.1. The third-order valence-corrected chi connectivity index (χ3v) is 5.03. The fourth-order valence-electron chi connectivity index (χ4n) is 2.09. The number of amidine groups is 1. The number of aliphatic imine (C=N–C) groups is 1. The smallest absolute Gasteiger partial charge is 0.266 e. The number of carbonyl (C=O) groups excluding carboxylic acids is 1. The number of nitrogens with zero attached hydrogens (tertiary/aromatic N) is 2. The summed E-state index contributed by atoms with van der Waals surface area (Å²) in [5, 5.41) is 2.69. The first-order chi connectivity index (χ1) is 11.3. The molecule has 118 valence electrons. The molecule has 0 atom stereocenters. The quantitative estimate of drug-likeness (QED) is 0.770. The number of thiophene rings is 1. The van der Waals surface area contributed by atoms with Gasteiger partial charge in [0.1, 0.15) is 0 Å². The fourth-order valence-corrected chi connectivity index (χ4v) is 3.83. The minimum atomic E-state index is -0.0184. The first-order valence-electron chi connectivity index (χ1n) is 7.15. The zero-order valence-electron chi connectivity index (χ0n) is 12.6. The third-order valence-electron chi connectivity index (χ3n) is 3.20. The number of ether oxygens (including phenoxy) is 1. The van der Waals surface area contributed by atoms with Crippen molar-refractivity contribution in [3.05, 3.63) is 57.6 Å². The van der Waals surface area contributed by atoms with Crippen molar-refractivity contribution in [3.8, 4) is 0 Å². The Hall–Kier alpha value is -1.89. The SMILES string of the molecule is COCCN1C(=O)/C(=C/c2cccs2)SC1=Nc1ccccc1. The van der Waals surface area contributed by atoms with E-state index in [4.69, 9.17) is 4.74 Å². The Bertz CT molecular complexity index is 724. The van der Waals surface area contributed by atoms with E-state index in [2.05, 4.69) is 4.99 Å². The highest BCUT2D eigenvalue weighted by Gasteiger charge is 2.33. The van der Waals surface area contributed by atoms with Crippen LogP contribution in [-0.2, 0) is 9.53 Å². The molecule has 0 bridgehead atoms. The molecule has 1 aliphatic heterocycles. The molecule has 2 aromatic rings. The van der Waals surface area contributed by atoms with Crippen LogP contribution in [0.4, 0.5) is 5.69 Å². The van der Waals surface area contributed by atoms with E-state index in [1.54, 1.807) is 23.3 Å². The van der Waals surface area contributed by atoms with E-state index in [1.807, 2.05) is 53.9 Å². The third kappa shape index (κ3) is 3.90. The molecular formula is C17H16N2O2S2. The summed E-state index contributed by atoms with van der Waals surface area (Å²) in [4.78, 5) is 20.7. The maximum Gasteiger partial charge on any atom is 0.266 e. The van der Waals surface area contributed by atoms with Crippen molar-refractivity contribution in [1.82, 2.24) is 4.90 Å². The lowest BCUT2D eigenvalue weighted by Gasteiger charge is -2.14. The number of para-hydroxylation sites is 1. The first-order valence-corrected chi connectivity index (χ1v) is 8.85. The molecule has 0 radical (unpaired) electrons. The predicted molar refractivity (Wildman–Crippen MR) is 97.0 cm³/mol. The van der Waals surface area contributed by atoms with Gasteiger partial charge in [-0.3, -0.25) is 9.69 Å². The standard InChI is InChI=1S/C17H16N2O2S2/c1-21-10-9-19-16(20)15(12-14-8-5-11-22-14)23-17(19)18-13-6-3-2-4-7-13/h2-8,11-12H,9-10H2,1H3/b15-12-,18-17?. The van der Waals surface area contributed by atoms with E-state index in [1.165, 1.54) is 11.8 Å². The molecule has 0 aliphatic carbocycles. The van der Waals surface area contributed by atoms with Crippen molar-refractivity contribution >= 4 is 45.9 Å². The van der Waals surface area contributed by atoms with Crippen LogP contribution in [0.25, 0.3) is 6.08 Å². The maximum atomic E-state index is 12.6. The van der Waals surface area contributed by atoms with E-state index in [0.29, 0.717) is 23.2 Å². The van der Waals surface area contributed by atoms with Gasteiger partial charge in [-0.1, -0.05) is 24.3 Å². The fraction of sp³-hybridized carbons (Fsp3) is 0.176. The highest BCUT2D eigenvalue weighted by molar-refractivity contribution is 8.18. The molecule has 3 rings (SSSR count). The van der Waals surface area contributed by atoms with E-state index in [-0.39, 0.29) is 5.91 Å². The van der Waals surface area contributed by atoms with Crippen molar-refractivity contribution < 1.29 is 9.53 Å². The Labute approximate surface area is 143 Å². The Balaban J connectivity index is 1.90. The van der Waals surface area contributed by atoms with Crippen LogP contribution in [0, 0.1) is 0 Å². The van der Waals surface area contributed by atoms with Crippen LogP contribution in [0.2, 0.25) is 0 Å². The van der Waals surface area contributed by atoms with Crippen LogP contribution < -0.4 is 0 Å². The maximum absolute atomic E-state index is 12.6. The van der Waals surface area contributed by atoms with Crippen molar-refractivity contribution in [2.45, 2.75) is 0 Å². The number of methoxy groups -OCH3 is 1. The normalized spacial score (nSPS) is 18.3. The van der Waals surface area contributed by atoms with Crippen LogP contribution in [0.15, 0.2) is 57.7 Å². The number of rotatable bonds is 5. The van der Waals surface area contributed by atoms with E-state index in [0.717, 1.165) is 10.6 Å². The molecule has 1 fully saturated rings. The van der Waals surface area contributed by atoms with Crippen molar-refractivity contribution in [2.75, 3.05) is 20.3 Å². The number of carbonyl (C=O) groups is 1. The number of hydrogen-bond donors (Lipinski definition) is 0. The second kappa shape index (κ2) is 7.59. The summed E-state index contributed by atoms with van der Waals surface area (Å²) in [6, 6.07) is 13.6. The molecule has 2 heterocycles. The molecule has 1 aromatic carbocycles. The van der Waals surface area contributed by atoms with E-state index < -0.39 is 0 Å². The highest BCUT2D eigenvalue weighted by atomic mass is 32.2. The summed E-state index contributed by atoms with van der Waals surface area (Å²) >= 11 is 3.02. The summed E-state index contributed by atoms with van der Waals surface area (Å²) in [6.45, 7) is 0.974. The largest absolute Gasteiger partial charge is 0.383 e. The van der Waals surface area contributed by atoms with Gasteiger partial charge in [-0.25, -0.2) is 4.99 Å². The Kier molecular flexibility index (Phi) is 5.27. The lowest BCUT2D eigenvalue weighted by molar-refractivity contribution is -0.122. The lowest BCUT2D eigenvalue weighted by Crippen LogP contribution is -2.32. The van der Waals surface area contributed by atoms with Gasteiger partial charge in [-0.05, 0) is 41.4 Å². The molecule has 4 nitrogen and oxygen atoms in total. The summed E-state index contributed by atoms with van der Waals surface area (Å²) in [5.74, 6) is -0.0184. The van der Waals surface area contributed by atoms with Gasteiger partial charge >= 0.3 is 0 Å². The molecule has 1 aliphatic rings. The molecule has 0 saturated carbocycles. The van der Waals surface area contributed by atoms with Gasteiger partial charge in [-0.15, -0.1) is 11.3 Å². The van der Waals surface area contributed by atoms with Gasteiger partial charge in [-0.2, -0.15) is 0 Å². The van der Waals surface area contributed by atoms with Crippen LogP contribution in [-0.4, -0.2) is 36.2 Å². The average molecular weight is 344 g/mol. The van der Waals surface area contributed by atoms with Crippen LogP contribution >= 0.6 is 23.1 Å². The van der Waals surface area contributed by atoms with Gasteiger partial charge in [0.15, 0.2) is 5.17 Å². The minimum Gasteiger partial charge on any atom is -0.383 e. The number of benzene rings is 1. The molecule has 0 spiro atoms. The molecule has 23 heavy (non-hydrogen) atoms. The Morgan fingerprint density at radius 3 is 2.74 bits per heavy atom. The van der Waals surface area contributed by atoms with Crippen molar-refractivity contribution in [1.29, 1.82) is 0 Å². The molecule has 1 saturated heterocycles. The molecule has 1 aromatic heterocycles. The van der Waals surface area contributed by atoms with Crippen molar-refractivity contribution in [2.24, 2.45) is 4.99 Å². The monoisotopic (exact) mass is 344 g/mol.